The summed E-state index contributed by atoms with van der Waals surface area (Å²) in [5.41, 5.74) is 0.867. The van der Waals surface area contributed by atoms with Crippen LogP contribution in [0.1, 0.15) is 5.56 Å². The Bertz CT molecular complexity index is 657. The van der Waals surface area contributed by atoms with Crippen LogP contribution in [0.5, 0.6) is 5.75 Å². The summed E-state index contributed by atoms with van der Waals surface area (Å²) in [6.07, 6.45) is 0.313. The van der Waals surface area contributed by atoms with Crippen molar-refractivity contribution >= 4 is 60.1 Å². The fourth-order valence-electron chi connectivity index (χ4n) is 2.40. The molecule has 1 heterocycles. The number of likely N-dealkylation sites (N-methyl/N-ethyl adjacent to an activating group) is 2. The molecule has 0 radical (unpaired) electrons. The molecule has 23 heavy (non-hydrogen) atoms. The van der Waals surface area contributed by atoms with Crippen LogP contribution in [0, 0.1) is 0 Å². The molecule has 9 heteroatoms. The predicted octanol–water partition coefficient (Wildman–Crippen LogP) is 0.856. The van der Waals surface area contributed by atoms with Crippen molar-refractivity contribution in [1.29, 1.82) is 0 Å². The summed E-state index contributed by atoms with van der Waals surface area (Å²) in [6, 6.07) is 7.38. The average molecular weight is 544 g/mol. The van der Waals surface area contributed by atoms with Crippen molar-refractivity contribution in [2.45, 2.75) is 11.3 Å². The first-order valence-electron chi connectivity index (χ1n) is 6.65. The van der Waals surface area contributed by atoms with Gasteiger partial charge in [-0.2, -0.15) is 0 Å². The fraction of sp³-hybridized carbons (Fsp3) is 0.357. The zero-order chi connectivity index (χ0) is 17.2. The van der Waals surface area contributed by atoms with Crippen LogP contribution in [0.15, 0.2) is 24.3 Å². The van der Waals surface area contributed by atoms with Gasteiger partial charge in [-0.25, -0.2) is 0 Å². The summed E-state index contributed by atoms with van der Waals surface area (Å²) in [5, 5.41) is 0. The van der Waals surface area contributed by atoms with Crippen molar-refractivity contribution in [2.24, 2.45) is 0 Å². The molecule has 0 saturated carbocycles. The summed E-state index contributed by atoms with van der Waals surface area (Å²) >= 11 is 0.589. The van der Waals surface area contributed by atoms with Crippen LogP contribution in [-0.4, -0.2) is 77.9 Å². The van der Waals surface area contributed by atoms with Gasteiger partial charge in [0.15, 0.2) is 0 Å². The van der Waals surface area contributed by atoms with Crippen LogP contribution in [0.4, 0.5) is 0 Å². The molecule has 2 rings (SSSR count). The van der Waals surface area contributed by atoms with Gasteiger partial charge in [-0.1, -0.05) is 0 Å². The summed E-state index contributed by atoms with van der Waals surface area (Å²) in [7, 11) is 7.34. The molecular weight excluding hydrogens is 529 g/mol. The van der Waals surface area contributed by atoms with Gasteiger partial charge < -0.3 is 0 Å². The molecule has 1 atom stereocenters. The van der Waals surface area contributed by atoms with E-state index in [2.05, 4.69) is 0 Å². The molecule has 3 amide bonds. The Morgan fingerprint density at radius 3 is 2.52 bits per heavy atom. The van der Waals surface area contributed by atoms with E-state index in [4.69, 9.17) is 4.74 Å². The van der Waals surface area contributed by atoms with Gasteiger partial charge in [-0.15, -0.1) is 0 Å². The molecule has 0 bridgehead atoms. The molecule has 1 aliphatic heterocycles. The molecule has 6 nitrogen and oxygen atoms in total. The normalized spacial score (nSPS) is 21.7. The van der Waals surface area contributed by atoms with Gasteiger partial charge in [0.1, 0.15) is 0 Å². The maximum absolute atomic E-state index is 12.8. The van der Waals surface area contributed by atoms with Gasteiger partial charge in [-0.3, -0.25) is 0 Å². The first-order chi connectivity index (χ1) is 10.9. The Hall–Kier alpha value is -0.748. The standard InChI is InChI=1S/C14H16N2O4S2.Tl/c1-15-11(17)12(18)16(2)14(22-21,13(15)19)8-9-5-4-6-10(7-9)20-3;/h4-7,21H,8H2,1-3H3;/q;+1/p-1. The summed E-state index contributed by atoms with van der Waals surface area (Å²) in [5.74, 6) is -1.14. The van der Waals surface area contributed by atoms with Gasteiger partial charge >= 0.3 is 157 Å². The van der Waals surface area contributed by atoms with E-state index in [9.17, 15) is 14.4 Å². The van der Waals surface area contributed by atoms with Gasteiger partial charge in [0.05, 0.1) is 0 Å². The molecule has 0 spiro atoms. The van der Waals surface area contributed by atoms with Crippen molar-refractivity contribution in [3.8, 4) is 5.75 Å². The number of imide groups is 1. The van der Waals surface area contributed by atoms with E-state index in [1.165, 1.54) is 29.8 Å². The van der Waals surface area contributed by atoms with E-state index in [1.54, 1.807) is 14.5 Å². The molecule has 0 aromatic heterocycles. The van der Waals surface area contributed by atoms with Gasteiger partial charge in [0.2, 0.25) is 0 Å². The van der Waals surface area contributed by atoms with Crippen LogP contribution >= 0.6 is 18.1 Å². The summed E-state index contributed by atoms with van der Waals surface area (Å²) in [4.78, 5) is 38.0. The third kappa shape index (κ3) is 3.38. The number of piperazine rings is 1. The van der Waals surface area contributed by atoms with E-state index < -0.39 is 16.7 Å². The molecule has 1 aromatic carbocycles. The number of hydrogen-bond donors (Lipinski definition) is 0. The minimum atomic E-state index is -1.12. The number of carbonyl (C=O) groups is 3. The van der Waals surface area contributed by atoms with Crippen LogP contribution in [-0.2, 0) is 20.8 Å². The van der Waals surface area contributed by atoms with Crippen molar-refractivity contribution in [3.63, 3.8) is 0 Å². The van der Waals surface area contributed by atoms with E-state index in [0.29, 0.717) is 36.4 Å². The first kappa shape index (κ1) is 18.6. The second kappa shape index (κ2) is 7.43. The van der Waals surface area contributed by atoms with E-state index >= 15 is 0 Å². The molecule has 120 valence electrons. The Morgan fingerprint density at radius 2 is 1.91 bits per heavy atom. The number of ether oxygens (including phenoxy) is 1. The fourth-order valence-corrected chi connectivity index (χ4v) is 9.96. The van der Waals surface area contributed by atoms with Crippen molar-refractivity contribution < 1.29 is 19.1 Å². The molecule has 0 aliphatic carbocycles. The summed E-state index contributed by atoms with van der Waals surface area (Å²) in [6.45, 7) is 0. The Labute approximate surface area is 156 Å². The van der Waals surface area contributed by atoms with Crippen LogP contribution in [0.25, 0.3) is 0 Å². The topological polar surface area (TPSA) is 66.9 Å². The van der Waals surface area contributed by atoms with Crippen LogP contribution in [0.3, 0.4) is 0 Å². The van der Waals surface area contributed by atoms with Crippen LogP contribution in [0.2, 0.25) is 0 Å². The van der Waals surface area contributed by atoms with Gasteiger partial charge in [0.25, 0.3) is 0 Å². The number of nitrogens with zero attached hydrogens (tertiary/aromatic N) is 2. The average Bonchev–Trinajstić information content (AvgIpc) is 2.57. The van der Waals surface area contributed by atoms with Gasteiger partial charge in [0, 0.05) is 0 Å². The number of rotatable bonds is 5. The second-order valence-electron chi connectivity index (χ2n) is 5.03. The van der Waals surface area contributed by atoms with Crippen molar-refractivity contribution in [3.05, 3.63) is 29.8 Å². The van der Waals surface area contributed by atoms with E-state index in [-0.39, 0.29) is 5.91 Å². The zero-order valence-electron chi connectivity index (χ0n) is 12.9. The maximum atomic E-state index is 12.8. The molecule has 1 aliphatic rings. The van der Waals surface area contributed by atoms with Crippen molar-refractivity contribution in [2.75, 3.05) is 21.2 Å². The first-order valence-corrected chi connectivity index (χ1v) is 14.4. The number of carbonyl (C=O) groups excluding carboxylic acids is 3. The SMILES string of the molecule is COc1cccc(CC2(S[S][Tl])C(=O)N(C)C(=O)C(=O)N2C)c1. The second-order valence-corrected chi connectivity index (χ2v) is 13.9. The summed E-state index contributed by atoms with van der Waals surface area (Å²) < 4.78 is 5.22. The van der Waals surface area contributed by atoms with Gasteiger partial charge in [-0.05, 0) is 0 Å². The number of hydrogen-bond acceptors (Lipinski definition) is 6. The number of benzene rings is 1. The Balaban J connectivity index is 2.46. The Morgan fingerprint density at radius 1 is 1.22 bits per heavy atom. The zero-order valence-corrected chi connectivity index (χ0v) is 19.1. The Kier molecular flexibility index (Phi) is 6.00. The number of methoxy groups -OCH3 is 1. The van der Waals surface area contributed by atoms with E-state index in [0.717, 1.165) is 10.5 Å². The van der Waals surface area contributed by atoms with Crippen LogP contribution < -0.4 is 4.74 Å². The quantitative estimate of drug-likeness (QED) is 0.238. The monoisotopic (exact) mass is 544 g/mol. The number of amides is 3. The molecule has 1 unspecified atom stereocenters. The third-order valence-corrected chi connectivity index (χ3v) is 9.18. The molecule has 1 fully saturated rings. The molecule has 1 saturated heterocycles. The van der Waals surface area contributed by atoms with E-state index in [1.807, 2.05) is 24.3 Å². The van der Waals surface area contributed by atoms with Crippen molar-refractivity contribution in [1.82, 2.24) is 9.80 Å². The molecule has 1 aromatic rings. The molecule has 0 N–H and O–H groups in total. The predicted molar refractivity (Wildman–Crippen MR) is 90.9 cm³/mol. The molecular formula is C14H15N2O4S2Tl. The minimum absolute atomic E-state index is 0.313. The third-order valence-electron chi connectivity index (χ3n) is 3.74.